The maximum Gasteiger partial charge on any atom is 0.227 e. The molecule has 1 heterocycles. The Labute approximate surface area is 136 Å². The molecule has 0 bridgehead atoms. The van der Waals surface area contributed by atoms with E-state index in [0.29, 0.717) is 18.7 Å². The van der Waals surface area contributed by atoms with Crippen LogP contribution in [0.25, 0.3) is 0 Å². The quantitative estimate of drug-likeness (QED) is 0.948. The zero-order valence-electron chi connectivity index (χ0n) is 13.2. The number of carbonyl (C=O) groups excluding carboxylic acids is 1. The molecule has 0 unspecified atom stereocenters. The summed E-state index contributed by atoms with van der Waals surface area (Å²) in [6, 6.07) is 16.9. The van der Waals surface area contributed by atoms with Gasteiger partial charge in [-0.1, -0.05) is 48.5 Å². The molecule has 3 rings (SSSR count). The number of benzene rings is 2. The van der Waals surface area contributed by atoms with E-state index in [-0.39, 0.29) is 30.3 Å². The number of amides is 1. The fourth-order valence-electron chi connectivity index (χ4n) is 2.94. The lowest BCUT2D eigenvalue weighted by molar-refractivity contribution is -0.144. The van der Waals surface area contributed by atoms with Gasteiger partial charge in [-0.05, 0) is 18.6 Å². The molecule has 0 aliphatic carbocycles. The van der Waals surface area contributed by atoms with Crippen LogP contribution in [0, 0.1) is 0 Å². The minimum Gasteiger partial charge on any atom is -0.508 e. The zero-order valence-corrected chi connectivity index (χ0v) is 13.2. The van der Waals surface area contributed by atoms with Gasteiger partial charge in [-0.3, -0.25) is 4.79 Å². The molecule has 0 radical (unpaired) electrons. The van der Waals surface area contributed by atoms with Gasteiger partial charge in [0, 0.05) is 12.1 Å². The lowest BCUT2D eigenvalue weighted by Crippen LogP contribution is -2.46. The van der Waals surface area contributed by atoms with Gasteiger partial charge in [-0.25, -0.2) is 0 Å². The van der Waals surface area contributed by atoms with E-state index in [2.05, 4.69) is 0 Å². The highest BCUT2D eigenvalue weighted by Gasteiger charge is 2.29. The fraction of sp³-hybridized carbons (Fsp3) is 0.316. The summed E-state index contributed by atoms with van der Waals surface area (Å²) < 4.78 is 5.98. The van der Waals surface area contributed by atoms with Crippen molar-refractivity contribution in [2.75, 3.05) is 13.1 Å². The van der Waals surface area contributed by atoms with Gasteiger partial charge >= 0.3 is 0 Å². The largest absolute Gasteiger partial charge is 0.508 e. The second-order valence-electron chi connectivity index (χ2n) is 5.95. The van der Waals surface area contributed by atoms with Crippen molar-refractivity contribution in [2.45, 2.75) is 25.6 Å². The maximum absolute atomic E-state index is 12.6. The number of para-hydroxylation sites is 1. The summed E-state index contributed by atoms with van der Waals surface area (Å²) in [4.78, 5) is 14.4. The van der Waals surface area contributed by atoms with Crippen LogP contribution in [0.1, 0.15) is 24.2 Å². The van der Waals surface area contributed by atoms with E-state index >= 15 is 0 Å². The molecule has 1 aliphatic rings. The second kappa shape index (κ2) is 6.84. The number of phenolic OH excluding ortho intramolecular Hbond substituents is 1. The maximum atomic E-state index is 12.6. The molecule has 0 saturated carbocycles. The van der Waals surface area contributed by atoms with Crippen molar-refractivity contribution in [3.05, 3.63) is 65.7 Å². The summed E-state index contributed by atoms with van der Waals surface area (Å²) in [6.45, 7) is 3.10. The van der Waals surface area contributed by atoms with Crippen LogP contribution in [0.2, 0.25) is 0 Å². The van der Waals surface area contributed by atoms with E-state index in [1.165, 1.54) is 0 Å². The van der Waals surface area contributed by atoms with E-state index in [1.807, 2.05) is 48.2 Å². The normalized spacial score (nSPS) is 21.2. The predicted octanol–water partition coefficient (Wildman–Crippen LogP) is 2.92. The van der Waals surface area contributed by atoms with Gasteiger partial charge in [0.25, 0.3) is 0 Å². The molecule has 23 heavy (non-hydrogen) atoms. The van der Waals surface area contributed by atoms with E-state index in [1.54, 1.807) is 18.2 Å². The number of nitrogens with zero attached hydrogens (tertiary/aromatic N) is 1. The smallest absolute Gasteiger partial charge is 0.227 e. The summed E-state index contributed by atoms with van der Waals surface area (Å²) in [7, 11) is 0. The van der Waals surface area contributed by atoms with Crippen molar-refractivity contribution >= 4 is 5.91 Å². The predicted molar refractivity (Wildman–Crippen MR) is 88.1 cm³/mol. The first kappa shape index (κ1) is 15.6. The minimum absolute atomic E-state index is 0.0118. The summed E-state index contributed by atoms with van der Waals surface area (Å²) in [5.41, 5.74) is 1.74. The van der Waals surface area contributed by atoms with E-state index in [0.717, 1.165) is 5.56 Å². The SMILES string of the molecule is C[C@@H]1CN(C(=O)Cc2ccccc2O)C[C@H](c2ccccc2)O1. The molecule has 1 fully saturated rings. The lowest BCUT2D eigenvalue weighted by atomic mass is 10.1. The first-order valence-electron chi connectivity index (χ1n) is 7.88. The summed E-state index contributed by atoms with van der Waals surface area (Å²) in [5.74, 6) is 0.185. The molecule has 2 atom stereocenters. The Morgan fingerprint density at radius 1 is 1.13 bits per heavy atom. The Bertz CT molecular complexity index is 671. The van der Waals surface area contributed by atoms with E-state index < -0.39 is 0 Å². The molecule has 2 aromatic rings. The highest BCUT2D eigenvalue weighted by Crippen LogP contribution is 2.26. The van der Waals surface area contributed by atoms with Crippen LogP contribution in [0.4, 0.5) is 0 Å². The molecule has 1 amide bonds. The van der Waals surface area contributed by atoms with E-state index in [4.69, 9.17) is 4.74 Å². The molecule has 1 saturated heterocycles. The third-order valence-corrected chi connectivity index (χ3v) is 4.12. The number of rotatable bonds is 3. The molecule has 1 N–H and O–H groups in total. The molecule has 2 aromatic carbocycles. The van der Waals surface area contributed by atoms with Crippen LogP contribution in [0.5, 0.6) is 5.75 Å². The Kier molecular flexibility index (Phi) is 4.63. The molecular weight excluding hydrogens is 290 g/mol. The lowest BCUT2D eigenvalue weighted by Gasteiger charge is -2.37. The number of aromatic hydroxyl groups is 1. The Hall–Kier alpha value is -2.33. The minimum atomic E-state index is -0.103. The van der Waals surface area contributed by atoms with Crippen LogP contribution >= 0.6 is 0 Å². The number of carbonyl (C=O) groups is 1. The van der Waals surface area contributed by atoms with Gasteiger partial charge in [0.2, 0.25) is 5.91 Å². The number of ether oxygens (including phenoxy) is 1. The first-order valence-corrected chi connectivity index (χ1v) is 7.88. The highest BCUT2D eigenvalue weighted by molar-refractivity contribution is 5.79. The van der Waals surface area contributed by atoms with Gasteiger partial charge in [0.1, 0.15) is 11.9 Å². The van der Waals surface area contributed by atoms with Crippen LogP contribution in [-0.2, 0) is 16.0 Å². The van der Waals surface area contributed by atoms with Gasteiger partial charge in [0.15, 0.2) is 0 Å². The topological polar surface area (TPSA) is 49.8 Å². The van der Waals surface area contributed by atoms with Crippen molar-refractivity contribution in [1.29, 1.82) is 0 Å². The number of phenols is 1. The molecule has 4 nitrogen and oxygen atoms in total. The first-order chi connectivity index (χ1) is 11.1. The van der Waals surface area contributed by atoms with Gasteiger partial charge in [-0.2, -0.15) is 0 Å². The van der Waals surface area contributed by atoms with Crippen LogP contribution in [0.3, 0.4) is 0 Å². The Morgan fingerprint density at radius 3 is 2.57 bits per heavy atom. The number of hydrogen-bond acceptors (Lipinski definition) is 3. The number of morpholine rings is 1. The average molecular weight is 311 g/mol. The molecule has 4 heteroatoms. The van der Waals surface area contributed by atoms with Crippen LogP contribution < -0.4 is 0 Å². The van der Waals surface area contributed by atoms with Crippen molar-refractivity contribution in [2.24, 2.45) is 0 Å². The Balaban J connectivity index is 1.72. The monoisotopic (exact) mass is 311 g/mol. The van der Waals surface area contributed by atoms with Crippen molar-refractivity contribution in [1.82, 2.24) is 4.90 Å². The summed E-state index contributed by atoms with van der Waals surface area (Å²) in [6.07, 6.45) is 0.0940. The molecule has 0 spiro atoms. The third-order valence-electron chi connectivity index (χ3n) is 4.12. The third kappa shape index (κ3) is 3.71. The second-order valence-corrected chi connectivity index (χ2v) is 5.95. The molecule has 0 aromatic heterocycles. The zero-order chi connectivity index (χ0) is 16.2. The molecule has 120 valence electrons. The van der Waals surface area contributed by atoms with Gasteiger partial charge in [0.05, 0.1) is 19.1 Å². The fourth-order valence-corrected chi connectivity index (χ4v) is 2.94. The summed E-state index contributed by atoms with van der Waals surface area (Å²) >= 11 is 0. The highest BCUT2D eigenvalue weighted by atomic mass is 16.5. The molecule has 1 aliphatic heterocycles. The van der Waals surface area contributed by atoms with Gasteiger partial charge < -0.3 is 14.7 Å². The molecular formula is C19H21NO3. The van der Waals surface area contributed by atoms with Crippen LogP contribution in [0.15, 0.2) is 54.6 Å². The standard InChI is InChI=1S/C19H21NO3/c1-14-12-20(13-18(23-14)15-7-3-2-4-8-15)19(22)11-16-9-5-6-10-17(16)21/h2-10,14,18,21H,11-13H2,1H3/t14-,18-/m1/s1. The van der Waals surface area contributed by atoms with Crippen molar-refractivity contribution < 1.29 is 14.6 Å². The Morgan fingerprint density at radius 2 is 1.83 bits per heavy atom. The number of hydrogen-bond donors (Lipinski definition) is 1. The van der Waals surface area contributed by atoms with Crippen molar-refractivity contribution in [3.8, 4) is 5.75 Å². The van der Waals surface area contributed by atoms with E-state index in [9.17, 15) is 9.90 Å². The summed E-state index contributed by atoms with van der Waals surface area (Å²) in [5, 5.41) is 9.84. The van der Waals surface area contributed by atoms with Gasteiger partial charge in [-0.15, -0.1) is 0 Å². The van der Waals surface area contributed by atoms with Crippen LogP contribution in [-0.4, -0.2) is 35.1 Å². The van der Waals surface area contributed by atoms with Crippen molar-refractivity contribution in [3.63, 3.8) is 0 Å². The average Bonchev–Trinajstić information content (AvgIpc) is 2.57.